The van der Waals surface area contributed by atoms with E-state index in [0.717, 1.165) is 21.9 Å². The summed E-state index contributed by atoms with van der Waals surface area (Å²) in [5.74, 6) is 1.08. The molecule has 0 saturated carbocycles. The van der Waals surface area contributed by atoms with Gasteiger partial charge in [-0.3, -0.25) is 9.10 Å². The van der Waals surface area contributed by atoms with E-state index in [1.807, 2.05) is 31.2 Å². The van der Waals surface area contributed by atoms with Gasteiger partial charge in [-0.1, -0.05) is 38.1 Å². The number of ether oxygens (including phenoxy) is 2. The summed E-state index contributed by atoms with van der Waals surface area (Å²) >= 11 is 0. The van der Waals surface area contributed by atoms with Gasteiger partial charge < -0.3 is 14.8 Å². The third kappa shape index (κ3) is 7.17. The van der Waals surface area contributed by atoms with Crippen LogP contribution < -0.4 is 19.1 Å². The highest BCUT2D eigenvalue weighted by atomic mass is 32.2. The number of para-hydroxylation sites is 2. The molecule has 0 bridgehead atoms. The average molecular weight is 449 g/mol. The Bertz CT molecular complexity index is 958. The Kier molecular flexibility index (Phi) is 8.74. The van der Waals surface area contributed by atoms with Crippen molar-refractivity contribution in [3.63, 3.8) is 0 Å². The van der Waals surface area contributed by atoms with Gasteiger partial charge in [-0.2, -0.15) is 0 Å². The largest absolute Gasteiger partial charge is 0.497 e. The number of carbonyl (C=O) groups excluding carboxylic acids is 1. The van der Waals surface area contributed by atoms with E-state index in [-0.39, 0.29) is 12.6 Å². The van der Waals surface area contributed by atoms with Crippen LogP contribution >= 0.6 is 0 Å². The van der Waals surface area contributed by atoms with Gasteiger partial charge in [-0.05, 0) is 49.1 Å². The molecule has 0 saturated heterocycles. The van der Waals surface area contributed by atoms with Gasteiger partial charge in [0.1, 0.15) is 18.0 Å². The highest BCUT2D eigenvalue weighted by Crippen LogP contribution is 2.30. The average Bonchev–Trinajstić information content (AvgIpc) is 2.71. The quantitative estimate of drug-likeness (QED) is 0.566. The zero-order valence-corrected chi connectivity index (χ0v) is 19.6. The first-order chi connectivity index (χ1) is 14.7. The Balaban J connectivity index is 2.27. The van der Waals surface area contributed by atoms with Crippen LogP contribution in [0, 0.1) is 5.92 Å². The summed E-state index contributed by atoms with van der Waals surface area (Å²) in [7, 11) is -2.11. The minimum Gasteiger partial charge on any atom is -0.497 e. The number of nitrogens with one attached hydrogen (secondary N) is 1. The summed E-state index contributed by atoms with van der Waals surface area (Å²) < 4.78 is 36.9. The molecule has 0 unspecified atom stereocenters. The molecule has 170 valence electrons. The number of benzene rings is 2. The van der Waals surface area contributed by atoms with Crippen molar-refractivity contribution in [2.45, 2.75) is 33.2 Å². The van der Waals surface area contributed by atoms with E-state index >= 15 is 0 Å². The zero-order chi connectivity index (χ0) is 23.0. The molecule has 0 aliphatic rings. The number of nitrogens with zero attached hydrogens (tertiary/aromatic N) is 1. The lowest BCUT2D eigenvalue weighted by Crippen LogP contribution is -2.42. The van der Waals surface area contributed by atoms with Gasteiger partial charge in [0.2, 0.25) is 15.9 Å². The van der Waals surface area contributed by atoms with Crippen LogP contribution in [-0.2, 0) is 14.8 Å². The topological polar surface area (TPSA) is 84.9 Å². The molecule has 0 heterocycles. The number of amides is 1. The lowest BCUT2D eigenvalue weighted by atomic mass is 9.97. The number of carbonyl (C=O) groups is 1. The Morgan fingerprint density at radius 3 is 2.29 bits per heavy atom. The summed E-state index contributed by atoms with van der Waals surface area (Å²) in [4.78, 5) is 12.9. The van der Waals surface area contributed by atoms with Crippen molar-refractivity contribution < 1.29 is 22.7 Å². The molecule has 1 N–H and O–H groups in total. The Labute approximate surface area is 185 Å². The summed E-state index contributed by atoms with van der Waals surface area (Å²) in [5.41, 5.74) is 1.27. The standard InChI is InChI=1S/C23H32N2O5S/c1-6-30-22-10-8-7-9-21(22)25(31(5,27)28)16-23(26)24-20(15-17(2)3)18-11-13-19(29-4)14-12-18/h7-14,17,20H,6,15-16H2,1-5H3,(H,24,26)/t20-/m1/s1. The molecular formula is C23H32N2O5S. The minimum absolute atomic E-state index is 0.248. The van der Waals surface area contributed by atoms with E-state index in [0.29, 0.717) is 30.4 Å². The lowest BCUT2D eigenvalue weighted by molar-refractivity contribution is -0.120. The van der Waals surface area contributed by atoms with Crippen LogP contribution in [0.1, 0.15) is 38.8 Å². The van der Waals surface area contributed by atoms with Crippen LogP contribution in [0.2, 0.25) is 0 Å². The monoisotopic (exact) mass is 448 g/mol. The van der Waals surface area contributed by atoms with Gasteiger partial charge >= 0.3 is 0 Å². The van der Waals surface area contributed by atoms with E-state index in [1.165, 1.54) is 0 Å². The smallest absolute Gasteiger partial charge is 0.241 e. The van der Waals surface area contributed by atoms with Crippen molar-refractivity contribution in [2.75, 3.05) is 30.8 Å². The minimum atomic E-state index is -3.71. The van der Waals surface area contributed by atoms with E-state index < -0.39 is 15.9 Å². The van der Waals surface area contributed by atoms with Crippen molar-refractivity contribution in [3.8, 4) is 11.5 Å². The Morgan fingerprint density at radius 2 is 1.74 bits per heavy atom. The maximum absolute atomic E-state index is 12.9. The number of sulfonamides is 1. The van der Waals surface area contributed by atoms with E-state index in [1.54, 1.807) is 31.4 Å². The van der Waals surface area contributed by atoms with Crippen LogP contribution in [0.15, 0.2) is 48.5 Å². The number of rotatable bonds is 11. The first-order valence-corrected chi connectivity index (χ1v) is 12.1. The molecule has 31 heavy (non-hydrogen) atoms. The van der Waals surface area contributed by atoms with Crippen molar-refractivity contribution in [2.24, 2.45) is 5.92 Å². The normalized spacial score (nSPS) is 12.3. The summed E-state index contributed by atoms with van der Waals surface area (Å²) in [5, 5.41) is 3.00. The second-order valence-corrected chi connectivity index (χ2v) is 9.60. The number of anilines is 1. The summed E-state index contributed by atoms with van der Waals surface area (Å²) in [6.45, 7) is 6.01. The molecule has 0 spiro atoms. The highest BCUT2D eigenvalue weighted by molar-refractivity contribution is 7.92. The fourth-order valence-corrected chi connectivity index (χ4v) is 4.14. The molecule has 1 amide bonds. The van der Waals surface area contributed by atoms with Gasteiger partial charge in [-0.15, -0.1) is 0 Å². The molecular weight excluding hydrogens is 416 g/mol. The maximum Gasteiger partial charge on any atom is 0.241 e. The predicted molar refractivity (Wildman–Crippen MR) is 123 cm³/mol. The van der Waals surface area contributed by atoms with Crippen LogP contribution in [-0.4, -0.2) is 40.8 Å². The van der Waals surface area contributed by atoms with Gasteiger partial charge in [0.05, 0.1) is 31.7 Å². The fourth-order valence-electron chi connectivity index (χ4n) is 3.28. The highest BCUT2D eigenvalue weighted by Gasteiger charge is 2.25. The molecule has 2 aromatic rings. The predicted octanol–water partition coefficient (Wildman–Crippen LogP) is 3.76. The molecule has 1 atom stereocenters. The molecule has 8 heteroatoms. The van der Waals surface area contributed by atoms with Crippen molar-refractivity contribution in [1.29, 1.82) is 0 Å². The molecule has 0 fully saturated rings. The van der Waals surface area contributed by atoms with Gasteiger partial charge in [0.15, 0.2) is 0 Å². The maximum atomic E-state index is 12.9. The van der Waals surface area contributed by atoms with Crippen molar-refractivity contribution >= 4 is 21.6 Å². The fraction of sp³-hybridized carbons (Fsp3) is 0.435. The molecule has 0 aliphatic heterocycles. The SMILES string of the molecule is CCOc1ccccc1N(CC(=O)N[C@H](CC(C)C)c1ccc(OC)cc1)S(C)(=O)=O. The van der Waals surface area contributed by atoms with Crippen LogP contribution in [0.4, 0.5) is 5.69 Å². The van der Waals surface area contributed by atoms with Crippen molar-refractivity contribution in [3.05, 3.63) is 54.1 Å². The third-order valence-corrected chi connectivity index (χ3v) is 5.81. The molecule has 0 radical (unpaired) electrons. The summed E-state index contributed by atoms with van der Waals surface area (Å²) in [6.07, 6.45) is 1.80. The van der Waals surface area contributed by atoms with Gasteiger partial charge in [-0.25, -0.2) is 8.42 Å². The van der Waals surface area contributed by atoms with Gasteiger partial charge in [0, 0.05) is 0 Å². The number of hydrogen-bond donors (Lipinski definition) is 1. The first kappa shape index (κ1) is 24.5. The Morgan fingerprint density at radius 1 is 1.10 bits per heavy atom. The van der Waals surface area contributed by atoms with Crippen LogP contribution in [0.5, 0.6) is 11.5 Å². The second-order valence-electron chi connectivity index (χ2n) is 7.69. The second kappa shape index (κ2) is 11.0. The van der Waals surface area contributed by atoms with E-state index in [2.05, 4.69) is 19.2 Å². The lowest BCUT2D eigenvalue weighted by Gasteiger charge is -2.26. The molecule has 7 nitrogen and oxygen atoms in total. The number of hydrogen-bond acceptors (Lipinski definition) is 5. The molecule has 0 aliphatic carbocycles. The van der Waals surface area contributed by atoms with Crippen LogP contribution in [0.3, 0.4) is 0 Å². The van der Waals surface area contributed by atoms with E-state index in [9.17, 15) is 13.2 Å². The summed E-state index contributed by atoms with van der Waals surface area (Å²) in [6, 6.07) is 14.1. The van der Waals surface area contributed by atoms with E-state index in [4.69, 9.17) is 9.47 Å². The Hall–Kier alpha value is -2.74. The molecule has 2 aromatic carbocycles. The number of methoxy groups -OCH3 is 1. The van der Waals surface area contributed by atoms with Gasteiger partial charge in [0.25, 0.3) is 0 Å². The third-order valence-electron chi connectivity index (χ3n) is 4.68. The molecule has 0 aromatic heterocycles. The van der Waals surface area contributed by atoms with Crippen LogP contribution in [0.25, 0.3) is 0 Å². The van der Waals surface area contributed by atoms with Crippen molar-refractivity contribution in [1.82, 2.24) is 5.32 Å². The molecule has 2 rings (SSSR count). The zero-order valence-electron chi connectivity index (χ0n) is 18.8. The first-order valence-electron chi connectivity index (χ1n) is 10.3.